The van der Waals surface area contributed by atoms with E-state index >= 15 is 0 Å². The molecule has 1 unspecified atom stereocenters. The second-order valence-electron chi connectivity index (χ2n) is 20.7. The van der Waals surface area contributed by atoms with Gasteiger partial charge < -0.3 is 38.8 Å². The topological polar surface area (TPSA) is 265 Å². The van der Waals surface area contributed by atoms with Gasteiger partial charge in [-0.1, -0.05) is 71.1 Å². The highest BCUT2D eigenvalue weighted by molar-refractivity contribution is 6.39. The average molecular weight is 972 g/mol. The molecule has 17 nitrogen and oxygen atoms in total. The smallest absolute Gasteiger partial charge is 0.329 e. The number of hydrogen-bond acceptors (Lipinski definition) is 16. The molecule has 15 atom stereocenters. The molecule has 2 saturated heterocycles. The SMILES string of the molecule is CO[C@H]1CC2CC[C@@H](C)[C@@](O)(O2)C(=O)C(=O)N2CCCC[C@H]2C(=O)O[C@H]([C@H](C)C[C@@H]2CC[C@@H](NC(N)(N)N)[C@H](OC)C2)CC(=O)[C@H](C)/C=C(\C)[C@@H](O)[C@@H](OC)C(=O)[C@H](C)C[C@H](C)/C=C/C=CC=C1C. The van der Waals surface area contributed by atoms with E-state index in [2.05, 4.69) is 5.32 Å². The molecule has 17 heteroatoms. The van der Waals surface area contributed by atoms with Crippen molar-refractivity contribution in [3.63, 3.8) is 0 Å². The van der Waals surface area contributed by atoms with Crippen molar-refractivity contribution >= 4 is 29.2 Å². The van der Waals surface area contributed by atoms with Crippen LogP contribution in [0.15, 0.2) is 47.6 Å². The number of esters is 1. The second-order valence-corrected chi connectivity index (χ2v) is 20.7. The normalized spacial score (nSPS) is 37.8. The van der Waals surface area contributed by atoms with Gasteiger partial charge in [-0.15, -0.1) is 0 Å². The lowest BCUT2D eigenvalue weighted by Crippen LogP contribution is -2.72. The van der Waals surface area contributed by atoms with Gasteiger partial charge in [0.05, 0.1) is 18.3 Å². The summed E-state index contributed by atoms with van der Waals surface area (Å²) in [5.41, 5.74) is 18.9. The maximum Gasteiger partial charge on any atom is 0.329 e. The van der Waals surface area contributed by atoms with E-state index in [1.54, 1.807) is 41.1 Å². The number of ketones is 3. The van der Waals surface area contributed by atoms with Gasteiger partial charge >= 0.3 is 5.97 Å². The van der Waals surface area contributed by atoms with Gasteiger partial charge in [-0.05, 0) is 107 Å². The van der Waals surface area contributed by atoms with E-state index in [4.69, 9.17) is 40.9 Å². The molecule has 69 heavy (non-hydrogen) atoms. The van der Waals surface area contributed by atoms with Crippen molar-refractivity contribution in [3.05, 3.63) is 47.6 Å². The predicted octanol–water partition coefficient (Wildman–Crippen LogP) is 4.27. The molecule has 9 N–H and O–H groups in total. The van der Waals surface area contributed by atoms with Gasteiger partial charge in [-0.25, -0.2) is 4.79 Å². The largest absolute Gasteiger partial charge is 0.460 e. The number of cyclic esters (lactones) is 1. The number of aliphatic hydroxyl groups is 2. The molecule has 390 valence electrons. The van der Waals surface area contributed by atoms with Crippen LogP contribution in [0.4, 0.5) is 0 Å². The number of carbonyl (C=O) groups excluding carboxylic acids is 5. The molecule has 2 bridgehead atoms. The number of ether oxygens (including phenoxy) is 5. The zero-order chi connectivity index (χ0) is 51.4. The Labute approximate surface area is 410 Å². The summed E-state index contributed by atoms with van der Waals surface area (Å²) in [4.78, 5) is 72.2. The lowest BCUT2D eigenvalue weighted by Gasteiger charge is -2.43. The Morgan fingerprint density at radius 1 is 0.884 bits per heavy atom. The highest BCUT2D eigenvalue weighted by Crippen LogP contribution is 2.38. The van der Waals surface area contributed by atoms with E-state index in [1.165, 1.54) is 12.0 Å². The fourth-order valence-electron chi connectivity index (χ4n) is 10.6. The van der Waals surface area contributed by atoms with Crippen molar-refractivity contribution in [2.24, 2.45) is 52.7 Å². The zero-order valence-corrected chi connectivity index (χ0v) is 42.9. The minimum atomic E-state index is -2.44. The number of carbonyl (C=O) groups is 5. The summed E-state index contributed by atoms with van der Waals surface area (Å²) in [6.45, 7) is 12.7. The molecule has 4 aliphatic rings. The van der Waals surface area contributed by atoms with Crippen LogP contribution in [-0.4, -0.2) is 133 Å². The molecule has 4 rings (SSSR count). The number of fused-ring (bicyclic) bond motifs is 3. The van der Waals surface area contributed by atoms with Crippen molar-refractivity contribution in [3.8, 4) is 0 Å². The first-order valence-electron chi connectivity index (χ1n) is 25.1. The van der Waals surface area contributed by atoms with E-state index in [-0.39, 0.29) is 60.9 Å². The molecule has 3 heterocycles. The maximum atomic E-state index is 14.5. The Morgan fingerprint density at radius 2 is 1.59 bits per heavy atom. The lowest BCUT2D eigenvalue weighted by atomic mass is 9.77. The third-order valence-corrected chi connectivity index (χ3v) is 14.9. The Hall–Kier alpha value is -3.49. The minimum Gasteiger partial charge on any atom is -0.460 e. The number of amides is 1. The van der Waals surface area contributed by atoms with Crippen LogP contribution in [0.5, 0.6) is 0 Å². The molecule has 0 aromatic carbocycles. The van der Waals surface area contributed by atoms with Crippen LogP contribution >= 0.6 is 0 Å². The third kappa shape index (κ3) is 16.0. The molecule has 0 aromatic heterocycles. The molecule has 3 aliphatic heterocycles. The molecule has 0 radical (unpaired) electrons. The Morgan fingerprint density at radius 3 is 2.25 bits per heavy atom. The first-order chi connectivity index (χ1) is 32.4. The van der Waals surface area contributed by atoms with E-state index in [9.17, 15) is 34.2 Å². The fourth-order valence-corrected chi connectivity index (χ4v) is 10.6. The summed E-state index contributed by atoms with van der Waals surface area (Å²) in [5.74, 6) is -9.70. The van der Waals surface area contributed by atoms with Crippen molar-refractivity contribution in [1.82, 2.24) is 10.2 Å². The van der Waals surface area contributed by atoms with E-state index < -0.39 is 83.7 Å². The monoisotopic (exact) mass is 972 g/mol. The number of nitrogens with two attached hydrogens (primary N) is 3. The fraction of sp³-hybridized carbons (Fsp3) is 0.750. The lowest BCUT2D eigenvalue weighted by molar-refractivity contribution is -0.265. The first kappa shape index (κ1) is 58.1. The van der Waals surface area contributed by atoms with Gasteiger partial charge in [-0.3, -0.25) is 41.7 Å². The number of allylic oxidation sites excluding steroid dienone is 6. The molecular weight excluding hydrogens is 887 g/mol. The number of nitrogens with one attached hydrogen (secondary N) is 1. The van der Waals surface area contributed by atoms with Crippen LogP contribution in [0, 0.1) is 35.5 Å². The number of methoxy groups -OCH3 is 3. The van der Waals surface area contributed by atoms with Crippen LogP contribution in [0.2, 0.25) is 0 Å². The van der Waals surface area contributed by atoms with E-state index in [0.29, 0.717) is 63.4 Å². The summed E-state index contributed by atoms with van der Waals surface area (Å²) in [6, 6.07) is -1.36. The van der Waals surface area contributed by atoms with E-state index in [1.807, 2.05) is 58.1 Å². The number of hydrogen-bond donors (Lipinski definition) is 6. The minimum absolute atomic E-state index is 0.0111. The van der Waals surface area contributed by atoms with Gasteiger partial charge in [0, 0.05) is 64.5 Å². The van der Waals surface area contributed by atoms with Crippen LogP contribution in [0.1, 0.15) is 126 Å². The van der Waals surface area contributed by atoms with E-state index in [0.717, 1.165) is 12.0 Å². The number of rotatable bonds is 8. The molecule has 1 amide bonds. The van der Waals surface area contributed by atoms with Gasteiger partial charge in [0.15, 0.2) is 11.7 Å². The Balaban J connectivity index is 1.70. The average Bonchev–Trinajstić information content (AvgIpc) is 3.30. The Bertz CT molecular complexity index is 1880. The van der Waals surface area contributed by atoms with Crippen molar-refractivity contribution in [1.29, 1.82) is 0 Å². The standard InChI is InChI=1S/C52H85N5O12/c1-30-16-12-11-13-17-31(2)42(65-8)28-38-21-19-36(7)51(64,69-38)48(61)49(62)57-23-15-14-18-40(57)50(63)68-43(33(4)26-37-20-22-39(44(27-37)66-9)56-52(53,54)55)29-41(58)32(3)25-35(6)46(60)47(67-10)45(59)34(5)24-30/h11-13,16-17,25,30,32-34,36-40,42-44,46-47,56,60,64H,14-15,18-24,26-29,53-55H2,1-10H3/b13-11?,16-12+,31-17?,35-25+/t30-,32-,33-,34-,36-,37+,38?,39-,40+,42+,43+,44-,46-,47+,51-/m1/s1. The highest BCUT2D eigenvalue weighted by Gasteiger charge is 2.53. The quantitative estimate of drug-likeness (QED) is 0.0859. The number of nitrogens with zero attached hydrogens (tertiary/aromatic N) is 1. The zero-order valence-electron chi connectivity index (χ0n) is 42.9. The van der Waals surface area contributed by atoms with Crippen molar-refractivity contribution < 1.29 is 57.9 Å². The maximum absolute atomic E-state index is 14.5. The number of piperidine rings is 1. The predicted molar refractivity (Wildman–Crippen MR) is 261 cm³/mol. The van der Waals surface area contributed by atoms with Crippen LogP contribution in [0.25, 0.3) is 0 Å². The van der Waals surface area contributed by atoms with Gasteiger partial charge in [-0.2, -0.15) is 0 Å². The van der Waals surface area contributed by atoms with Crippen LogP contribution in [0.3, 0.4) is 0 Å². The van der Waals surface area contributed by atoms with Gasteiger partial charge in [0.25, 0.3) is 11.7 Å². The highest BCUT2D eigenvalue weighted by atomic mass is 16.6. The first-order valence-corrected chi connectivity index (χ1v) is 25.1. The molecular formula is C52H85N5O12. The summed E-state index contributed by atoms with van der Waals surface area (Å²) in [6.07, 6.45) is 11.8. The Kier molecular flexibility index (Phi) is 22.1. The van der Waals surface area contributed by atoms with Crippen LogP contribution < -0.4 is 22.5 Å². The second kappa shape index (κ2) is 26.3. The third-order valence-electron chi connectivity index (χ3n) is 14.9. The molecule has 0 aromatic rings. The van der Waals surface area contributed by atoms with Crippen LogP contribution in [-0.2, 0) is 47.7 Å². The summed E-state index contributed by atoms with van der Waals surface area (Å²) < 4.78 is 29.7. The van der Waals surface area contributed by atoms with Gasteiger partial charge in [0.2, 0.25) is 5.79 Å². The molecule has 1 saturated carbocycles. The summed E-state index contributed by atoms with van der Waals surface area (Å²) >= 11 is 0. The number of aliphatic hydroxyl groups excluding tert-OH is 1. The number of Topliss-reactive ketones (excluding diaryl/α,β-unsaturated/α-hetero) is 3. The molecule has 1 aliphatic carbocycles. The van der Waals surface area contributed by atoms with Crippen molar-refractivity contribution in [2.45, 2.75) is 186 Å². The summed E-state index contributed by atoms with van der Waals surface area (Å²) in [5, 5.41) is 26.5. The molecule has 0 spiro atoms. The molecule has 3 fully saturated rings. The summed E-state index contributed by atoms with van der Waals surface area (Å²) in [7, 11) is 4.55. The van der Waals surface area contributed by atoms with Gasteiger partial charge in [0.1, 0.15) is 30.1 Å². The van der Waals surface area contributed by atoms with Crippen molar-refractivity contribution in [2.75, 3.05) is 27.9 Å².